The van der Waals surface area contributed by atoms with E-state index in [1.807, 2.05) is 0 Å². The van der Waals surface area contributed by atoms with Crippen LogP contribution in [0.25, 0.3) is 0 Å². The van der Waals surface area contributed by atoms with Gasteiger partial charge in [0.25, 0.3) is 0 Å². The first-order chi connectivity index (χ1) is 8.60. The van der Waals surface area contributed by atoms with Gasteiger partial charge in [-0.1, -0.05) is 6.92 Å². The molecule has 2 rings (SSSR count). The predicted molar refractivity (Wildman–Crippen MR) is 77.9 cm³/mol. The van der Waals surface area contributed by atoms with Crippen molar-refractivity contribution in [2.75, 3.05) is 40.8 Å². The van der Waals surface area contributed by atoms with Gasteiger partial charge < -0.3 is 15.1 Å². The van der Waals surface area contributed by atoms with Gasteiger partial charge in [0.2, 0.25) is 0 Å². The summed E-state index contributed by atoms with van der Waals surface area (Å²) in [4.78, 5) is 5.08. The van der Waals surface area contributed by atoms with E-state index in [0.29, 0.717) is 0 Å². The molecule has 0 aromatic rings. The summed E-state index contributed by atoms with van der Waals surface area (Å²) in [6.45, 7) is 6.30. The van der Waals surface area contributed by atoms with Crippen LogP contribution in [0.3, 0.4) is 0 Å². The lowest BCUT2D eigenvalue weighted by atomic mass is 9.78. The number of hydrogen-bond donors (Lipinski definition) is 1. The highest BCUT2D eigenvalue weighted by Gasteiger charge is 2.31. The smallest absolute Gasteiger partial charge is 0.0229 e. The summed E-state index contributed by atoms with van der Waals surface area (Å²) in [5.74, 6) is 1.78. The molecule has 18 heavy (non-hydrogen) atoms. The minimum absolute atomic E-state index is 0.750. The lowest BCUT2D eigenvalue weighted by molar-refractivity contribution is 0.158. The van der Waals surface area contributed by atoms with E-state index in [0.717, 1.165) is 23.9 Å². The number of nitrogens with zero attached hydrogens (tertiary/aromatic N) is 2. The van der Waals surface area contributed by atoms with Crippen LogP contribution in [0, 0.1) is 11.8 Å². The predicted octanol–water partition coefficient (Wildman–Crippen LogP) is 1.65. The second-order valence-electron chi connectivity index (χ2n) is 6.74. The Hall–Kier alpha value is -0.120. The first-order valence-corrected chi connectivity index (χ1v) is 7.66. The standard InChI is InChI=1S/C15H31N3/c1-12-5-6-15(16-2)13(9-12)10-18-8-7-14(11-18)17(3)4/h12-16H,5-11H2,1-4H3. The van der Waals surface area contributed by atoms with Crippen LogP contribution in [0.15, 0.2) is 0 Å². The fourth-order valence-corrected chi connectivity index (χ4v) is 3.81. The highest BCUT2D eigenvalue weighted by Crippen LogP contribution is 2.30. The lowest BCUT2D eigenvalue weighted by Gasteiger charge is -2.37. The van der Waals surface area contributed by atoms with Gasteiger partial charge in [0, 0.05) is 25.2 Å². The highest BCUT2D eigenvalue weighted by molar-refractivity contribution is 4.88. The van der Waals surface area contributed by atoms with Crippen molar-refractivity contribution in [3.8, 4) is 0 Å². The Kier molecular flexibility index (Phi) is 5.05. The van der Waals surface area contributed by atoms with Gasteiger partial charge in [0.15, 0.2) is 0 Å². The van der Waals surface area contributed by atoms with Crippen LogP contribution in [0.5, 0.6) is 0 Å². The molecule has 1 heterocycles. The Morgan fingerprint density at radius 2 is 2.00 bits per heavy atom. The molecule has 0 bridgehead atoms. The molecule has 1 N–H and O–H groups in total. The number of nitrogens with one attached hydrogen (secondary N) is 1. The Balaban J connectivity index is 1.84. The molecule has 4 atom stereocenters. The van der Waals surface area contributed by atoms with E-state index in [4.69, 9.17) is 0 Å². The molecule has 1 aliphatic carbocycles. The van der Waals surface area contributed by atoms with Crippen molar-refractivity contribution in [3.63, 3.8) is 0 Å². The van der Waals surface area contributed by atoms with Crippen molar-refractivity contribution in [2.45, 2.75) is 44.7 Å². The van der Waals surface area contributed by atoms with E-state index in [1.54, 1.807) is 0 Å². The third-order valence-electron chi connectivity index (χ3n) is 5.09. The maximum atomic E-state index is 3.55. The first kappa shape index (κ1) is 14.3. The maximum Gasteiger partial charge on any atom is 0.0229 e. The molecule has 1 aliphatic heterocycles. The average Bonchev–Trinajstić information content (AvgIpc) is 2.78. The molecule has 0 spiro atoms. The summed E-state index contributed by atoms with van der Waals surface area (Å²) in [5, 5.41) is 3.55. The third kappa shape index (κ3) is 3.46. The van der Waals surface area contributed by atoms with Crippen molar-refractivity contribution in [2.24, 2.45) is 11.8 Å². The van der Waals surface area contributed by atoms with Crippen LogP contribution in [0.4, 0.5) is 0 Å². The van der Waals surface area contributed by atoms with Crippen LogP contribution in [-0.4, -0.2) is 62.7 Å². The molecule has 106 valence electrons. The Bertz CT molecular complexity index is 254. The second kappa shape index (κ2) is 6.36. The molecular formula is C15H31N3. The van der Waals surface area contributed by atoms with Crippen LogP contribution >= 0.6 is 0 Å². The molecule has 0 amide bonds. The van der Waals surface area contributed by atoms with Gasteiger partial charge in [-0.25, -0.2) is 0 Å². The summed E-state index contributed by atoms with van der Waals surface area (Å²) < 4.78 is 0. The SMILES string of the molecule is CNC1CCC(C)CC1CN1CCC(N(C)C)C1. The summed E-state index contributed by atoms with van der Waals surface area (Å²) in [6.07, 6.45) is 5.53. The zero-order valence-corrected chi connectivity index (χ0v) is 12.7. The normalized spacial score (nSPS) is 38.5. The molecule has 0 aromatic carbocycles. The van der Waals surface area contributed by atoms with E-state index in [-0.39, 0.29) is 0 Å². The Morgan fingerprint density at radius 3 is 2.61 bits per heavy atom. The summed E-state index contributed by atoms with van der Waals surface area (Å²) in [7, 11) is 6.57. The molecule has 3 nitrogen and oxygen atoms in total. The third-order valence-corrected chi connectivity index (χ3v) is 5.09. The van der Waals surface area contributed by atoms with Gasteiger partial charge >= 0.3 is 0 Å². The molecule has 2 aliphatic rings. The highest BCUT2D eigenvalue weighted by atomic mass is 15.2. The molecule has 0 aromatic heterocycles. The van der Waals surface area contributed by atoms with Gasteiger partial charge in [0.05, 0.1) is 0 Å². The number of rotatable bonds is 4. The van der Waals surface area contributed by atoms with Crippen LogP contribution in [0.2, 0.25) is 0 Å². The Morgan fingerprint density at radius 1 is 1.22 bits per heavy atom. The van der Waals surface area contributed by atoms with Crippen molar-refractivity contribution >= 4 is 0 Å². The second-order valence-corrected chi connectivity index (χ2v) is 6.74. The van der Waals surface area contributed by atoms with E-state index >= 15 is 0 Å². The van der Waals surface area contributed by atoms with E-state index in [9.17, 15) is 0 Å². The Labute approximate surface area is 113 Å². The van der Waals surface area contributed by atoms with Gasteiger partial charge in [0.1, 0.15) is 0 Å². The summed E-state index contributed by atoms with van der Waals surface area (Å²) in [6, 6.07) is 1.53. The minimum atomic E-state index is 0.750. The topological polar surface area (TPSA) is 18.5 Å². The molecule has 1 saturated carbocycles. The maximum absolute atomic E-state index is 3.55. The van der Waals surface area contributed by atoms with Gasteiger partial charge in [-0.2, -0.15) is 0 Å². The fraction of sp³-hybridized carbons (Fsp3) is 1.00. The number of likely N-dealkylation sites (N-methyl/N-ethyl adjacent to an activating group) is 1. The quantitative estimate of drug-likeness (QED) is 0.822. The molecule has 2 fully saturated rings. The number of hydrogen-bond acceptors (Lipinski definition) is 3. The zero-order chi connectivity index (χ0) is 13.1. The van der Waals surface area contributed by atoms with Gasteiger partial charge in [-0.15, -0.1) is 0 Å². The average molecular weight is 253 g/mol. The largest absolute Gasteiger partial charge is 0.317 e. The monoisotopic (exact) mass is 253 g/mol. The molecule has 3 heteroatoms. The lowest BCUT2D eigenvalue weighted by Crippen LogP contribution is -2.44. The zero-order valence-electron chi connectivity index (χ0n) is 12.7. The first-order valence-electron chi connectivity index (χ1n) is 7.66. The van der Waals surface area contributed by atoms with Gasteiger partial charge in [-0.05, 0) is 65.2 Å². The van der Waals surface area contributed by atoms with Crippen molar-refractivity contribution < 1.29 is 0 Å². The van der Waals surface area contributed by atoms with Crippen LogP contribution in [0.1, 0.15) is 32.6 Å². The fourth-order valence-electron chi connectivity index (χ4n) is 3.81. The molecule has 4 unspecified atom stereocenters. The van der Waals surface area contributed by atoms with Crippen LogP contribution < -0.4 is 5.32 Å². The molecular weight excluding hydrogens is 222 g/mol. The van der Waals surface area contributed by atoms with Crippen molar-refractivity contribution in [1.82, 2.24) is 15.1 Å². The van der Waals surface area contributed by atoms with Crippen LogP contribution in [-0.2, 0) is 0 Å². The summed E-state index contributed by atoms with van der Waals surface area (Å²) >= 11 is 0. The summed E-state index contributed by atoms with van der Waals surface area (Å²) in [5.41, 5.74) is 0. The molecule has 1 saturated heterocycles. The minimum Gasteiger partial charge on any atom is -0.317 e. The van der Waals surface area contributed by atoms with E-state index in [2.05, 4.69) is 43.2 Å². The van der Waals surface area contributed by atoms with Crippen molar-refractivity contribution in [1.29, 1.82) is 0 Å². The van der Waals surface area contributed by atoms with E-state index < -0.39 is 0 Å². The van der Waals surface area contributed by atoms with Crippen molar-refractivity contribution in [3.05, 3.63) is 0 Å². The van der Waals surface area contributed by atoms with Gasteiger partial charge in [-0.3, -0.25) is 0 Å². The number of likely N-dealkylation sites (tertiary alicyclic amines) is 1. The van der Waals surface area contributed by atoms with E-state index in [1.165, 1.54) is 45.3 Å². The molecule has 0 radical (unpaired) electrons.